The van der Waals surface area contributed by atoms with Gasteiger partial charge in [0.2, 0.25) is 10.0 Å². The molecular weight excluding hydrogens is 554 g/mol. The first-order valence-electron chi connectivity index (χ1n) is 12.1. The van der Waals surface area contributed by atoms with Gasteiger partial charge in [-0.1, -0.05) is 31.2 Å². The van der Waals surface area contributed by atoms with Gasteiger partial charge >= 0.3 is 0 Å². The molecule has 0 spiro atoms. The van der Waals surface area contributed by atoms with Crippen LogP contribution in [0.4, 0.5) is 25.8 Å². The molecule has 0 bridgehead atoms. The van der Waals surface area contributed by atoms with Crippen LogP contribution in [0.2, 0.25) is 30.7 Å². The lowest BCUT2D eigenvalue weighted by Gasteiger charge is -2.27. The van der Waals surface area contributed by atoms with Crippen molar-refractivity contribution in [2.45, 2.75) is 39.0 Å². The number of aryl methyl sites for hydroxylation is 2. The van der Waals surface area contributed by atoms with E-state index in [2.05, 4.69) is 29.9 Å². The van der Waals surface area contributed by atoms with E-state index in [4.69, 9.17) is 16.3 Å². The minimum atomic E-state index is -4.03. The third-order valence-electron chi connectivity index (χ3n) is 6.02. The number of fused-ring (bicyclic) bond motifs is 1. The number of hydrogen-bond acceptors (Lipinski definition) is 6. The van der Waals surface area contributed by atoms with Crippen molar-refractivity contribution in [3.05, 3.63) is 57.3 Å². The van der Waals surface area contributed by atoms with Gasteiger partial charge in [0, 0.05) is 27.4 Å². The summed E-state index contributed by atoms with van der Waals surface area (Å²) in [5.74, 6) is -1.18. The zero-order valence-electron chi connectivity index (χ0n) is 22.1. The predicted octanol–water partition coefficient (Wildman–Crippen LogP) is 5.59. The van der Waals surface area contributed by atoms with Gasteiger partial charge in [0.05, 0.1) is 46.1 Å². The van der Waals surface area contributed by atoms with Gasteiger partial charge in [0.25, 0.3) is 5.56 Å². The lowest BCUT2D eigenvalue weighted by molar-refractivity contribution is 0.156. The smallest absolute Gasteiger partial charge is 0.261 e. The lowest BCUT2D eigenvalue weighted by Crippen LogP contribution is -2.36. The Morgan fingerprint density at radius 2 is 1.92 bits per heavy atom. The molecular formula is C25H33ClF2N4O4SSi. The average Bonchev–Trinajstić information content (AvgIpc) is 2.84. The SMILES string of the molecule is Cc1c(Nc2c(F)ccc(N(COCC[Si](C)(C)C)S(=O)(=O)CCCF)c2Cl)ccc2ncn(C)c(=O)c12. The minimum absolute atomic E-state index is 0.00143. The van der Waals surface area contributed by atoms with Crippen molar-refractivity contribution in [1.29, 1.82) is 0 Å². The lowest BCUT2D eigenvalue weighted by atomic mass is 10.1. The summed E-state index contributed by atoms with van der Waals surface area (Å²) in [4.78, 5) is 16.9. The zero-order chi connectivity index (χ0) is 28.3. The molecule has 0 amide bonds. The van der Waals surface area contributed by atoms with Crippen LogP contribution < -0.4 is 15.2 Å². The number of aromatic nitrogens is 2. The van der Waals surface area contributed by atoms with Crippen molar-refractivity contribution in [1.82, 2.24) is 9.55 Å². The van der Waals surface area contributed by atoms with Crippen LogP contribution in [-0.2, 0) is 21.8 Å². The maximum atomic E-state index is 15.0. The summed E-state index contributed by atoms with van der Waals surface area (Å²) in [5, 5.41) is 3.09. The van der Waals surface area contributed by atoms with E-state index >= 15 is 4.39 Å². The van der Waals surface area contributed by atoms with Gasteiger partial charge in [0.1, 0.15) is 12.5 Å². The van der Waals surface area contributed by atoms with Crippen LogP contribution in [0.25, 0.3) is 10.9 Å². The van der Waals surface area contributed by atoms with Crippen molar-refractivity contribution in [3.8, 4) is 0 Å². The van der Waals surface area contributed by atoms with Crippen molar-refractivity contribution >= 4 is 57.7 Å². The number of alkyl halides is 1. The average molecular weight is 587 g/mol. The summed E-state index contributed by atoms with van der Waals surface area (Å²) in [5.41, 5.74) is 0.977. The molecule has 1 heterocycles. The third kappa shape index (κ3) is 6.90. The van der Waals surface area contributed by atoms with Crippen LogP contribution >= 0.6 is 11.6 Å². The second kappa shape index (κ2) is 12.1. The Bertz CT molecular complexity index is 1480. The number of anilines is 3. The van der Waals surface area contributed by atoms with Crippen molar-refractivity contribution in [2.75, 3.05) is 35.4 Å². The fraction of sp³-hybridized carbons (Fsp3) is 0.440. The summed E-state index contributed by atoms with van der Waals surface area (Å²) < 4.78 is 62.1. The van der Waals surface area contributed by atoms with Gasteiger partial charge in [-0.05, 0) is 49.2 Å². The highest BCUT2D eigenvalue weighted by atomic mass is 35.5. The van der Waals surface area contributed by atoms with E-state index in [1.165, 1.54) is 17.0 Å². The molecule has 38 heavy (non-hydrogen) atoms. The zero-order valence-corrected chi connectivity index (χ0v) is 24.7. The molecule has 2 aromatic carbocycles. The summed E-state index contributed by atoms with van der Waals surface area (Å²) in [6, 6.07) is 6.43. The van der Waals surface area contributed by atoms with Crippen molar-refractivity contribution in [3.63, 3.8) is 0 Å². The molecule has 0 saturated heterocycles. The number of rotatable bonds is 12. The Kier molecular flexibility index (Phi) is 9.55. The largest absolute Gasteiger partial charge is 0.360 e. The second-order valence-corrected chi connectivity index (χ2v) is 18.2. The van der Waals surface area contributed by atoms with Gasteiger partial charge < -0.3 is 14.6 Å². The first kappa shape index (κ1) is 30.0. The van der Waals surface area contributed by atoms with Crippen LogP contribution in [0.3, 0.4) is 0 Å². The summed E-state index contributed by atoms with van der Waals surface area (Å²) in [7, 11) is -3.89. The van der Waals surface area contributed by atoms with Crippen molar-refractivity contribution < 1.29 is 21.9 Å². The Morgan fingerprint density at radius 3 is 2.58 bits per heavy atom. The number of hydrogen-bond donors (Lipinski definition) is 1. The number of sulfonamides is 1. The minimum Gasteiger partial charge on any atom is -0.360 e. The van der Waals surface area contributed by atoms with Gasteiger partial charge in [0.15, 0.2) is 0 Å². The number of halogens is 3. The molecule has 0 aliphatic heterocycles. The number of ether oxygens (including phenoxy) is 1. The van der Waals surface area contributed by atoms with Crippen LogP contribution in [0.1, 0.15) is 12.0 Å². The van der Waals surface area contributed by atoms with E-state index < -0.39 is 36.3 Å². The Labute approximate surface area is 227 Å². The van der Waals surface area contributed by atoms with Crippen molar-refractivity contribution in [2.24, 2.45) is 7.05 Å². The van der Waals surface area contributed by atoms with Crippen LogP contribution in [0, 0.1) is 12.7 Å². The highest BCUT2D eigenvalue weighted by Gasteiger charge is 2.27. The molecule has 0 unspecified atom stereocenters. The fourth-order valence-electron chi connectivity index (χ4n) is 3.74. The maximum absolute atomic E-state index is 15.0. The van der Waals surface area contributed by atoms with Crippen LogP contribution in [-0.4, -0.2) is 51.8 Å². The van der Waals surface area contributed by atoms with Crippen LogP contribution in [0.5, 0.6) is 0 Å². The van der Waals surface area contributed by atoms with Gasteiger partial charge in [-0.25, -0.2) is 22.1 Å². The molecule has 0 radical (unpaired) electrons. The quantitative estimate of drug-likeness (QED) is 0.169. The van der Waals surface area contributed by atoms with E-state index in [-0.39, 0.29) is 35.1 Å². The van der Waals surface area contributed by atoms with E-state index in [0.717, 1.165) is 16.4 Å². The first-order valence-corrected chi connectivity index (χ1v) is 17.8. The monoisotopic (exact) mass is 586 g/mol. The van der Waals surface area contributed by atoms with E-state index in [0.29, 0.717) is 28.8 Å². The van der Waals surface area contributed by atoms with Gasteiger partial charge in [-0.15, -0.1) is 0 Å². The molecule has 13 heteroatoms. The fourth-order valence-corrected chi connectivity index (χ4v) is 6.23. The van der Waals surface area contributed by atoms with E-state index in [1.54, 1.807) is 26.1 Å². The molecule has 3 rings (SSSR count). The molecule has 0 saturated carbocycles. The topological polar surface area (TPSA) is 93.5 Å². The summed E-state index contributed by atoms with van der Waals surface area (Å²) in [6.07, 6.45) is 1.22. The number of benzene rings is 2. The third-order valence-corrected chi connectivity index (χ3v) is 9.89. The molecule has 0 fully saturated rings. The molecule has 0 atom stereocenters. The normalized spacial score (nSPS) is 12.2. The molecule has 3 aromatic rings. The predicted molar refractivity (Wildman–Crippen MR) is 152 cm³/mol. The molecule has 1 N–H and O–H groups in total. The Hall–Kier alpha value is -2.54. The van der Waals surface area contributed by atoms with E-state index in [1.807, 2.05) is 0 Å². The maximum Gasteiger partial charge on any atom is 0.261 e. The van der Waals surface area contributed by atoms with Gasteiger partial charge in [-0.3, -0.25) is 9.18 Å². The molecule has 8 nitrogen and oxygen atoms in total. The highest BCUT2D eigenvalue weighted by molar-refractivity contribution is 7.92. The highest BCUT2D eigenvalue weighted by Crippen LogP contribution is 2.39. The second-order valence-electron chi connectivity index (χ2n) is 10.2. The molecule has 208 valence electrons. The molecule has 0 aliphatic rings. The Morgan fingerprint density at radius 1 is 1.21 bits per heavy atom. The standard InChI is InChI=1S/C25H33ClF2N4O4SSi/c1-17-19(8-9-20-22(17)25(33)31(2)15-29-20)30-24-18(28)7-10-21(23(24)26)32(37(34,35)13-6-11-27)16-36-12-14-38(3,4)5/h7-10,15,30H,6,11-14,16H2,1-5H3. The molecule has 0 aliphatic carbocycles. The first-order chi connectivity index (χ1) is 17.8. The molecule has 1 aromatic heterocycles. The number of nitrogens with one attached hydrogen (secondary N) is 1. The van der Waals surface area contributed by atoms with E-state index in [9.17, 15) is 17.6 Å². The Balaban J connectivity index is 2.03. The summed E-state index contributed by atoms with van der Waals surface area (Å²) >= 11 is 6.60. The summed E-state index contributed by atoms with van der Waals surface area (Å²) in [6.45, 7) is 7.39. The van der Waals surface area contributed by atoms with Gasteiger partial charge in [-0.2, -0.15) is 0 Å². The van der Waals surface area contributed by atoms with Crippen LogP contribution in [0.15, 0.2) is 35.4 Å². The number of nitrogens with zero attached hydrogens (tertiary/aromatic N) is 3.